The Labute approximate surface area is 159 Å². The highest BCUT2D eigenvalue weighted by Gasteiger charge is 2.30. The normalized spacial score (nSPS) is 19.3. The predicted molar refractivity (Wildman–Crippen MR) is 99.9 cm³/mol. The summed E-state index contributed by atoms with van der Waals surface area (Å²) in [5.74, 6) is -0.528. The van der Waals surface area contributed by atoms with Crippen LogP contribution < -0.4 is 15.6 Å². The number of hydrogen-bond donors (Lipinski definition) is 2. The van der Waals surface area contributed by atoms with Crippen molar-refractivity contribution in [1.29, 1.82) is 0 Å². The van der Waals surface area contributed by atoms with Gasteiger partial charge in [-0.25, -0.2) is 9.37 Å². The number of nitrogens with one attached hydrogen (secondary N) is 2. The molecule has 1 aromatic carbocycles. The quantitative estimate of drug-likeness (QED) is 0.719. The Kier molecular flexibility index (Phi) is 5.03. The average molecular weight is 383 g/mol. The Morgan fingerprint density at radius 2 is 2.18 bits per heavy atom. The summed E-state index contributed by atoms with van der Waals surface area (Å²) < 4.78 is 25.0. The van der Waals surface area contributed by atoms with Crippen molar-refractivity contribution in [1.82, 2.24) is 15.3 Å². The van der Waals surface area contributed by atoms with E-state index < -0.39 is 23.4 Å². The molecule has 0 unspecified atom stereocenters. The van der Waals surface area contributed by atoms with Gasteiger partial charge < -0.3 is 19.8 Å². The van der Waals surface area contributed by atoms with Crippen molar-refractivity contribution >= 4 is 16.8 Å². The molecule has 1 fully saturated rings. The molecule has 1 aliphatic rings. The maximum absolute atomic E-state index is 13.7. The van der Waals surface area contributed by atoms with Crippen molar-refractivity contribution in [2.45, 2.75) is 18.6 Å². The molecular formula is C20H18FN3O4. The van der Waals surface area contributed by atoms with E-state index in [1.54, 1.807) is 24.4 Å². The Bertz CT molecular complexity index is 1050. The van der Waals surface area contributed by atoms with Gasteiger partial charge >= 0.3 is 0 Å². The number of ether oxygens (including phenoxy) is 2. The van der Waals surface area contributed by atoms with E-state index in [0.717, 1.165) is 0 Å². The Morgan fingerprint density at radius 1 is 1.29 bits per heavy atom. The van der Waals surface area contributed by atoms with Crippen molar-refractivity contribution in [3.63, 3.8) is 0 Å². The zero-order chi connectivity index (χ0) is 19.5. The second-order valence-corrected chi connectivity index (χ2v) is 6.50. The van der Waals surface area contributed by atoms with Gasteiger partial charge in [-0.3, -0.25) is 9.59 Å². The SMILES string of the molecule is O=C(N[C@@H]1CCOC[C@H]1Oc1ccccn1)c1cc(=O)[nH]c2ccc(F)cc12. The Morgan fingerprint density at radius 3 is 3.00 bits per heavy atom. The van der Waals surface area contributed by atoms with E-state index >= 15 is 0 Å². The lowest BCUT2D eigenvalue weighted by atomic mass is 10.0. The van der Waals surface area contributed by atoms with E-state index in [-0.39, 0.29) is 11.6 Å². The van der Waals surface area contributed by atoms with Crippen LogP contribution in [0, 0.1) is 5.82 Å². The van der Waals surface area contributed by atoms with E-state index in [0.29, 0.717) is 36.4 Å². The number of aromatic nitrogens is 2. The number of aromatic amines is 1. The molecule has 1 aliphatic heterocycles. The van der Waals surface area contributed by atoms with Gasteiger partial charge in [0.2, 0.25) is 11.4 Å². The molecule has 0 bridgehead atoms. The maximum atomic E-state index is 13.7. The van der Waals surface area contributed by atoms with Gasteiger partial charge in [0.1, 0.15) is 11.9 Å². The first kappa shape index (κ1) is 18.1. The average Bonchev–Trinajstić information content (AvgIpc) is 2.70. The minimum absolute atomic E-state index is 0.112. The molecule has 0 spiro atoms. The van der Waals surface area contributed by atoms with Crippen molar-refractivity contribution < 1.29 is 18.7 Å². The maximum Gasteiger partial charge on any atom is 0.252 e. The van der Waals surface area contributed by atoms with Gasteiger partial charge in [-0.05, 0) is 30.7 Å². The number of pyridine rings is 2. The summed E-state index contributed by atoms with van der Waals surface area (Å²) in [5, 5.41) is 3.24. The van der Waals surface area contributed by atoms with Crippen LogP contribution in [0.15, 0.2) is 53.5 Å². The van der Waals surface area contributed by atoms with E-state index in [1.807, 2.05) is 0 Å². The molecule has 0 radical (unpaired) electrons. The first-order valence-electron chi connectivity index (χ1n) is 8.89. The standard InChI is InChI=1S/C20H18FN3O4/c21-12-4-5-15-13(9-12)14(10-18(25)23-15)20(26)24-16-6-8-27-11-17(16)28-19-3-1-2-7-22-19/h1-5,7,9-10,16-17H,6,8,11H2,(H,23,25)(H,24,26)/t16-,17-/m1/s1. The monoisotopic (exact) mass is 383 g/mol. The summed E-state index contributed by atoms with van der Waals surface area (Å²) in [7, 11) is 0. The number of fused-ring (bicyclic) bond motifs is 1. The number of nitrogens with zero attached hydrogens (tertiary/aromatic N) is 1. The number of amides is 1. The highest BCUT2D eigenvalue weighted by Crippen LogP contribution is 2.19. The number of rotatable bonds is 4. The van der Waals surface area contributed by atoms with E-state index in [1.165, 1.54) is 24.3 Å². The summed E-state index contributed by atoms with van der Waals surface area (Å²) in [4.78, 5) is 31.5. The number of benzene rings is 1. The molecule has 4 rings (SSSR count). The molecular weight excluding hydrogens is 365 g/mol. The number of carbonyl (C=O) groups excluding carboxylic acids is 1. The van der Waals surface area contributed by atoms with Crippen LogP contribution in [0.1, 0.15) is 16.8 Å². The summed E-state index contributed by atoms with van der Waals surface area (Å²) >= 11 is 0. The fourth-order valence-corrected chi connectivity index (χ4v) is 3.22. The van der Waals surface area contributed by atoms with Gasteiger partial charge in [-0.15, -0.1) is 0 Å². The summed E-state index contributed by atoms with van der Waals surface area (Å²) in [6.45, 7) is 0.768. The Balaban J connectivity index is 1.59. The highest BCUT2D eigenvalue weighted by atomic mass is 19.1. The molecule has 1 amide bonds. The molecule has 7 nitrogen and oxygen atoms in total. The third-order valence-corrected chi connectivity index (χ3v) is 4.58. The largest absolute Gasteiger partial charge is 0.470 e. The van der Waals surface area contributed by atoms with Crippen LogP contribution >= 0.6 is 0 Å². The highest BCUT2D eigenvalue weighted by molar-refractivity contribution is 6.06. The van der Waals surface area contributed by atoms with Crippen molar-refractivity contribution in [2.24, 2.45) is 0 Å². The van der Waals surface area contributed by atoms with E-state index in [9.17, 15) is 14.0 Å². The number of H-pyrrole nitrogens is 1. The Hall–Kier alpha value is -3.26. The minimum Gasteiger partial charge on any atom is -0.470 e. The second kappa shape index (κ2) is 7.77. The summed E-state index contributed by atoms with van der Waals surface area (Å²) in [5.41, 5.74) is 0.0752. The van der Waals surface area contributed by atoms with Crippen LogP contribution in [0.25, 0.3) is 10.9 Å². The lowest BCUT2D eigenvalue weighted by Gasteiger charge is -2.32. The van der Waals surface area contributed by atoms with Gasteiger partial charge in [0.05, 0.1) is 18.2 Å². The molecule has 0 saturated carbocycles. The molecule has 0 aliphatic carbocycles. The topological polar surface area (TPSA) is 93.3 Å². The van der Waals surface area contributed by atoms with Crippen LogP contribution in [0.2, 0.25) is 0 Å². The van der Waals surface area contributed by atoms with E-state index in [2.05, 4.69) is 15.3 Å². The van der Waals surface area contributed by atoms with Crippen molar-refractivity contribution in [3.05, 3.63) is 70.4 Å². The van der Waals surface area contributed by atoms with Crippen LogP contribution in [0.3, 0.4) is 0 Å². The lowest BCUT2D eigenvalue weighted by Crippen LogP contribution is -2.51. The van der Waals surface area contributed by atoms with Crippen LogP contribution in [0.5, 0.6) is 5.88 Å². The predicted octanol–water partition coefficient (Wildman–Crippen LogP) is 2.03. The van der Waals surface area contributed by atoms with E-state index in [4.69, 9.17) is 9.47 Å². The third-order valence-electron chi connectivity index (χ3n) is 4.58. The summed E-state index contributed by atoms with van der Waals surface area (Å²) in [6.07, 6.45) is 1.72. The fraction of sp³-hybridized carbons (Fsp3) is 0.250. The minimum atomic E-state index is -0.490. The zero-order valence-corrected chi connectivity index (χ0v) is 14.9. The smallest absolute Gasteiger partial charge is 0.252 e. The molecule has 1 saturated heterocycles. The van der Waals surface area contributed by atoms with Gasteiger partial charge in [0, 0.05) is 35.8 Å². The molecule has 3 aromatic rings. The molecule has 28 heavy (non-hydrogen) atoms. The number of hydrogen-bond acceptors (Lipinski definition) is 5. The molecule has 3 heterocycles. The number of halogens is 1. The van der Waals surface area contributed by atoms with Crippen molar-refractivity contribution in [3.8, 4) is 5.88 Å². The fourth-order valence-electron chi connectivity index (χ4n) is 3.22. The molecule has 144 valence electrons. The second-order valence-electron chi connectivity index (χ2n) is 6.50. The first-order chi connectivity index (χ1) is 13.6. The van der Waals surface area contributed by atoms with Crippen LogP contribution in [-0.2, 0) is 4.74 Å². The molecule has 2 atom stereocenters. The first-order valence-corrected chi connectivity index (χ1v) is 8.89. The zero-order valence-electron chi connectivity index (χ0n) is 14.9. The van der Waals surface area contributed by atoms with Gasteiger partial charge in [0.25, 0.3) is 5.91 Å². The summed E-state index contributed by atoms with van der Waals surface area (Å²) in [6, 6.07) is 10.0. The molecule has 2 N–H and O–H groups in total. The van der Waals surface area contributed by atoms with Crippen molar-refractivity contribution in [2.75, 3.05) is 13.2 Å². The third kappa shape index (κ3) is 3.86. The van der Waals surface area contributed by atoms with Crippen LogP contribution in [-0.4, -0.2) is 41.2 Å². The van der Waals surface area contributed by atoms with Crippen LogP contribution in [0.4, 0.5) is 4.39 Å². The lowest BCUT2D eigenvalue weighted by molar-refractivity contribution is -0.0152. The molecule has 2 aromatic heterocycles. The van der Waals surface area contributed by atoms with Gasteiger partial charge in [-0.1, -0.05) is 6.07 Å². The van der Waals surface area contributed by atoms with Gasteiger partial charge in [-0.2, -0.15) is 0 Å². The molecule has 8 heteroatoms. The van der Waals surface area contributed by atoms with Gasteiger partial charge in [0.15, 0.2) is 0 Å². The number of carbonyl (C=O) groups is 1.